The van der Waals surface area contributed by atoms with E-state index in [9.17, 15) is 22.8 Å². The number of amides is 1. The summed E-state index contributed by atoms with van der Waals surface area (Å²) in [5.74, 6) is -2.25. The lowest BCUT2D eigenvalue weighted by Gasteiger charge is -2.11. The Hall–Kier alpha value is -2.49. The average Bonchev–Trinajstić information content (AvgIpc) is 2.91. The summed E-state index contributed by atoms with van der Waals surface area (Å²) in [6.07, 6.45) is -3.58. The molecule has 0 aliphatic heterocycles. The predicted molar refractivity (Wildman–Crippen MR) is 66.3 cm³/mol. The van der Waals surface area contributed by atoms with E-state index in [4.69, 9.17) is 5.11 Å². The van der Waals surface area contributed by atoms with Crippen LogP contribution in [0.3, 0.4) is 0 Å². The minimum atomic E-state index is -4.73. The smallest absolute Gasteiger partial charge is 0.416 e. The number of benzene rings is 1. The van der Waals surface area contributed by atoms with Crippen LogP contribution in [0.4, 0.5) is 18.9 Å². The molecule has 2 rings (SSSR count). The molecule has 1 aromatic heterocycles. The number of aromatic carboxylic acids is 1. The molecule has 0 fully saturated rings. The normalized spacial score (nSPS) is 11.2. The Balaban J connectivity index is 2.37. The molecule has 1 aromatic carbocycles. The van der Waals surface area contributed by atoms with Crippen molar-refractivity contribution in [3.05, 3.63) is 40.4 Å². The number of anilines is 1. The first-order valence-electron chi connectivity index (χ1n) is 5.31. The molecule has 0 radical (unpaired) electrons. The number of carbonyl (C=O) groups excluding carboxylic acids is 1. The molecule has 2 aromatic rings. The molecule has 1 heterocycles. The van der Waals surface area contributed by atoms with Gasteiger partial charge in [-0.15, -0.1) is 5.10 Å². The fourth-order valence-corrected chi connectivity index (χ4v) is 1.86. The number of carboxylic acids is 1. The SMILES string of the molecule is O=C(O)c1cc(NC(=O)c2cnns2)cc(C(F)(F)F)c1. The van der Waals surface area contributed by atoms with Gasteiger partial charge in [0.05, 0.1) is 17.3 Å². The van der Waals surface area contributed by atoms with Gasteiger partial charge in [-0.05, 0) is 29.7 Å². The molecule has 0 bridgehead atoms. The van der Waals surface area contributed by atoms with Gasteiger partial charge >= 0.3 is 12.1 Å². The number of carboxylic acid groups (broad SMARTS) is 1. The molecule has 0 saturated carbocycles. The number of alkyl halides is 3. The van der Waals surface area contributed by atoms with Gasteiger partial charge in [-0.3, -0.25) is 4.79 Å². The third kappa shape index (κ3) is 3.54. The number of nitrogens with zero attached hydrogens (tertiary/aromatic N) is 2. The van der Waals surface area contributed by atoms with Crippen molar-refractivity contribution < 1.29 is 27.9 Å². The predicted octanol–water partition coefficient (Wildman–Crippen LogP) is 2.51. The number of hydrogen-bond donors (Lipinski definition) is 2. The van der Waals surface area contributed by atoms with Gasteiger partial charge in [0.15, 0.2) is 0 Å². The van der Waals surface area contributed by atoms with Gasteiger partial charge < -0.3 is 10.4 Å². The van der Waals surface area contributed by atoms with E-state index in [1.165, 1.54) is 0 Å². The zero-order valence-electron chi connectivity index (χ0n) is 10.0. The van der Waals surface area contributed by atoms with Crippen LogP contribution in [0, 0.1) is 0 Å². The van der Waals surface area contributed by atoms with Crippen molar-refractivity contribution in [3.63, 3.8) is 0 Å². The van der Waals surface area contributed by atoms with Crippen LogP contribution in [0.5, 0.6) is 0 Å². The highest BCUT2D eigenvalue weighted by Gasteiger charge is 2.32. The van der Waals surface area contributed by atoms with Gasteiger partial charge in [-0.25, -0.2) is 4.79 Å². The Morgan fingerprint density at radius 1 is 1.24 bits per heavy atom. The first-order valence-corrected chi connectivity index (χ1v) is 6.09. The van der Waals surface area contributed by atoms with E-state index in [-0.39, 0.29) is 10.6 Å². The minimum Gasteiger partial charge on any atom is -0.478 e. The molecule has 1 amide bonds. The van der Waals surface area contributed by atoms with Crippen molar-refractivity contribution in [2.24, 2.45) is 0 Å². The lowest BCUT2D eigenvalue weighted by atomic mass is 10.1. The second-order valence-corrected chi connectivity index (χ2v) is 4.62. The van der Waals surface area contributed by atoms with Crippen molar-refractivity contribution in [3.8, 4) is 0 Å². The molecule has 10 heteroatoms. The van der Waals surface area contributed by atoms with Crippen LogP contribution in [0.15, 0.2) is 24.4 Å². The molecule has 0 aliphatic carbocycles. The highest BCUT2D eigenvalue weighted by molar-refractivity contribution is 7.07. The van der Waals surface area contributed by atoms with Gasteiger partial charge in [-0.1, -0.05) is 4.49 Å². The maximum absolute atomic E-state index is 12.7. The Kier molecular flexibility index (Phi) is 3.89. The van der Waals surface area contributed by atoms with E-state index < -0.39 is 29.2 Å². The number of hydrogen-bond acceptors (Lipinski definition) is 5. The summed E-state index contributed by atoms with van der Waals surface area (Å²) in [6, 6.07) is 2.08. The number of rotatable bonds is 3. The second kappa shape index (κ2) is 5.48. The quantitative estimate of drug-likeness (QED) is 0.907. The van der Waals surface area contributed by atoms with E-state index in [1.54, 1.807) is 0 Å². The van der Waals surface area contributed by atoms with Crippen LogP contribution >= 0.6 is 11.5 Å². The van der Waals surface area contributed by atoms with Crippen LogP contribution in [-0.4, -0.2) is 26.6 Å². The number of nitrogens with one attached hydrogen (secondary N) is 1. The van der Waals surface area contributed by atoms with Crippen molar-refractivity contribution in [1.29, 1.82) is 0 Å². The Bertz CT molecular complexity index is 686. The Morgan fingerprint density at radius 3 is 2.48 bits per heavy atom. The van der Waals surface area contributed by atoms with Crippen LogP contribution in [-0.2, 0) is 6.18 Å². The fraction of sp³-hybridized carbons (Fsp3) is 0.0909. The molecule has 6 nitrogen and oxygen atoms in total. The summed E-state index contributed by atoms with van der Waals surface area (Å²) in [4.78, 5) is 22.6. The van der Waals surface area contributed by atoms with E-state index in [0.29, 0.717) is 12.1 Å². The second-order valence-electron chi connectivity index (χ2n) is 3.84. The molecule has 0 saturated heterocycles. The monoisotopic (exact) mass is 317 g/mol. The third-order valence-corrected chi connectivity index (χ3v) is 3.01. The molecule has 0 spiro atoms. The van der Waals surface area contributed by atoms with Gasteiger partial charge in [0, 0.05) is 5.69 Å². The third-order valence-electron chi connectivity index (χ3n) is 2.35. The highest BCUT2D eigenvalue weighted by atomic mass is 32.1. The summed E-state index contributed by atoms with van der Waals surface area (Å²) < 4.78 is 41.5. The molecule has 2 N–H and O–H groups in total. The summed E-state index contributed by atoms with van der Waals surface area (Å²) in [6.45, 7) is 0. The van der Waals surface area contributed by atoms with Crippen molar-refractivity contribution in [2.75, 3.05) is 5.32 Å². The Labute approximate surface area is 119 Å². The van der Waals surface area contributed by atoms with Crippen LogP contribution in [0.25, 0.3) is 0 Å². The lowest BCUT2D eigenvalue weighted by Crippen LogP contribution is -2.13. The van der Waals surface area contributed by atoms with Gasteiger partial charge in [0.25, 0.3) is 5.91 Å². The van der Waals surface area contributed by atoms with Crippen molar-refractivity contribution >= 4 is 29.1 Å². The van der Waals surface area contributed by atoms with Crippen LogP contribution in [0.2, 0.25) is 0 Å². The topological polar surface area (TPSA) is 92.2 Å². The largest absolute Gasteiger partial charge is 0.478 e. The van der Waals surface area contributed by atoms with Gasteiger partial charge in [0.1, 0.15) is 4.88 Å². The molecule has 0 aliphatic rings. The summed E-state index contributed by atoms with van der Waals surface area (Å²) in [5.41, 5.74) is -2.02. The maximum Gasteiger partial charge on any atom is 0.416 e. The molecular formula is C11H6F3N3O3S. The van der Waals surface area contributed by atoms with E-state index in [0.717, 1.165) is 23.8 Å². The van der Waals surface area contributed by atoms with Crippen molar-refractivity contribution in [2.45, 2.75) is 6.18 Å². The molecule has 0 unspecified atom stereocenters. The zero-order chi connectivity index (χ0) is 15.6. The fourth-order valence-electron chi connectivity index (χ4n) is 1.45. The first kappa shape index (κ1) is 14.9. The minimum absolute atomic E-state index is 0.0873. The molecule has 0 atom stereocenters. The van der Waals surface area contributed by atoms with Crippen LogP contribution in [0.1, 0.15) is 25.6 Å². The zero-order valence-corrected chi connectivity index (χ0v) is 10.8. The van der Waals surface area contributed by atoms with E-state index >= 15 is 0 Å². The summed E-state index contributed by atoms with van der Waals surface area (Å²) in [5, 5.41) is 14.4. The Morgan fingerprint density at radius 2 is 1.95 bits per heavy atom. The summed E-state index contributed by atoms with van der Waals surface area (Å²) >= 11 is 0.759. The highest BCUT2D eigenvalue weighted by Crippen LogP contribution is 2.32. The number of aromatic nitrogens is 2. The van der Waals surface area contributed by atoms with E-state index in [1.807, 2.05) is 0 Å². The molecule has 21 heavy (non-hydrogen) atoms. The number of carbonyl (C=O) groups is 2. The maximum atomic E-state index is 12.7. The molecule has 110 valence electrons. The summed E-state index contributed by atoms with van der Waals surface area (Å²) in [7, 11) is 0. The lowest BCUT2D eigenvalue weighted by molar-refractivity contribution is -0.137. The average molecular weight is 317 g/mol. The van der Waals surface area contributed by atoms with E-state index in [2.05, 4.69) is 14.9 Å². The van der Waals surface area contributed by atoms with Crippen LogP contribution < -0.4 is 5.32 Å². The van der Waals surface area contributed by atoms with Gasteiger partial charge in [-0.2, -0.15) is 13.2 Å². The number of halogens is 3. The molecular weight excluding hydrogens is 311 g/mol. The standard InChI is InChI=1S/C11H6F3N3O3S/c12-11(13,14)6-1-5(10(19)20)2-7(3-6)16-9(18)8-4-15-17-21-8/h1-4H,(H,16,18)(H,19,20). The first-order chi connectivity index (χ1) is 9.77. The van der Waals surface area contributed by atoms with Gasteiger partial charge in [0.2, 0.25) is 0 Å². The van der Waals surface area contributed by atoms with Crippen molar-refractivity contribution in [1.82, 2.24) is 9.59 Å².